The molecular weight excluding hydrogens is 224 g/mol. The summed E-state index contributed by atoms with van der Waals surface area (Å²) in [6.45, 7) is 2.25. The van der Waals surface area contributed by atoms with Crippen molar-refractivity contribution in [1.82, 2.24) is 20.1 Å². The summed E-state index contributed by atoms with van der Waals surface area (Å²) >= 11 is 0. The van der Waals surface area contributed by atoms with Gasteiger partial charge >= 0.3 is 6.01 Å². The average Bonchev–Trinajstić information content (AvgIpc) is 2.72. The molecule has 0 radical (unpaired) electrons. The van der Waals surface area contributed by atoms with Gasteiger partial charge in [-0.05, 0) is 6.92 Å². The fraction of sp³-hybridized carbons (Fsp3) is 0.333. The van der Waals surface area contributed by atoms with Crippen molar-refractivity contribution < 1.29 is 9.26 Å². The van der Waals surface area contributed by atoms with Gasteiger partial charge in [0.2, 0.25) is 11.9 Å². The van der Waals surface area contributed by atoms with Gasteiger partial charge in [0.15, 0.2) is 5.76 Å². The number of hydrogen-bond acceptors (Lipinski definition) is 8. The molecule has 2 aromatic rings. The molecule has 0 spiro atoms. The second kappa shape index (κ2) is 4.64. The summed E-state index contributed by atoms with van der Waals surface area (Å²) < 4.78 is 9.90. The van der Waals surface area contributed by atoms with Crippen molar-refractivity contribution in [3.8, 4) is 6.01 Å². The predicted octanol–water partition coefficient (Wildman–Crippen LogP) is 0.371. The van der Waals surface area contributed by atoms with E-state index in [1.807, 2.05) is 13.0 Å². The monoisotopic (exact) mass is 236 g/mol. The number of nitrogens with zero attached hydrogens (tertiary/aromatic N) is 4. The number of hydrogen-bond donors (Lipinski definition) is 2. The zero-order chi connectivity index (χ0) is 12.3. The molecule has 0 saturated carbocycles. The van der Waals surface area contributed by atoms with Gasteiger partial charge in [-0.1, -0.05) is 5.16 Å². The molecule has 2 rings (SSSR count). The van der Waals surface area contributed by atoms with E-state index >= 15 is 0 Å². The Hall–Kier alpha value is -2.38. The van der Waals surface area contributed by atoms with Crippen molar-refractivity contribution >= 4 is 11.9 Å². The molecule has 2 aromatic heterocycles. The Labute approximate surface area is 97.2 Å². The minimum absolute atomic E-state index is 0.0908. The van der Waals surface area contributed by atoms with E-state index in [9.17, 15) is 0 Å². The molecule has 17 heavy (non-hydrogen) atoms. The molecule has 0 atom stereocenters. The maximum absolute atomic E-state index is 5.49. The standard InChI is InChI=1S/C9H12N6O2/c1-5-3-6(17-15-5)4-11-8-12-7(10)13-9(14-8)16-2/h3H,4H2,1-2H3,(H3,10,11,12,13,14). The molecule has 0 bridgehead atoms. The third kappa shape index (κ3) is 2.80. The molecule has 0 aliphatic rings. The average molecular weight is 236 g/mol. The van der Waals surface area contributed by atoms with Crippen LogP contribution in [0.2, 0.25) is 0 Å². The summed E-state index contributed by atoms with van der Waals surface area (Å²) in [7, 11) is 1.46. The zero-order valence-electron chi connectivity index (χ0n) is 9.47. The van der Waals surface area contributed by atoms with Gasteiger partial charge in [0, 0.05) is 6.07 Å². The SMILES string of the molecule is COc1nc(N)nc(NCc2cc(C)no2)n1. The van der Waals surface area contributed by atoms with E-state index in [0.29, 0.717) is 18.3 Å². The van der Waals surface area contributed by atoms with Crippen LogP contribution in [0.3, 0.4) is 0 Å². The van der Waals surface area contributed by atoms with Crippen molar-refractivity contribution in [1.29, 1.82) is 0 Å². The van der Waals surface area contributed by atoms with Crippen LogP contribution in [-0.4, -0.2) is 27.2 Å². The second-order valence-corrected chi connectivity index (χ2v) is 3.29. The van der Waals surface area contributed by atoms with Crippen molar-refractivity contribution in [3.05, 3.63) is 17.5 Å². The van der Waals surface area contributed by atoms with Crippen LogP contribution in [0.4, 0.5) is 11.9 Å². The summed E-state index contributed by atoms with van der Waals surface area (Å²) in [4.78, 5) is 11.7. The fourth-order valence-electron chi connectivity index (χ4n) is 1.21. The first kappa shape index (κ1) is 11.1. The van der Waals surface area contributed by atoms with Crippen molar-refractivity contribution in [3.63, 3.8) is 0 Å². The normalized spacial score (nSPS) is 10.2. The maximum atomic E-state index is 5.49. The van der Waals surface area contributed by atoms with Crippen LogP contribution in [0.5, 0.6) is 6.01 Å². The molecule has 0 unspecified atom stereocenters. The van der Waals surface area contributed by atoms with Gasteiger partial charge < -0.3 is 20.3 Å². The number of nitrogen functional groups attached to an aromatic ring is 1. The Morgan fingerprint density at radius 3 is 2.88 bits per heavy atom. The highest BCUT2D eigenvalue weighted by Crippen LogP contribution is 2.10. The van der Waals surface area contributed by atoms with Gasteiger partial charge in [0.25, 0.3) is 0 Å². The van der Waals surface area contributed by atoms with Crippen molar-refractivity contribution in [2.45, 2.75) is 13.5 Å². The molecule has 0 fully saturated rings. The molecule has 8 heteroatoms. The molecule has 0 saturated heterocycles. The Balaban J connectivity index is 2.05. The number of ether oxygens (including phenoxy) is 1. The molecule has 8 nitrogen and oxygen atoms in total. The van der Waals surface area contributed by atoms with Crippen molar-refractivity contribution in [2.75, 3.05) is 18.2 Å². The van der Waals surface area contributed by atoms with E-state index in [-0.39, 0.29) is 12.0 Å². The number of aromatic nitrogens is 4. The Morgan fingerprint density at radius 2 is 2.24 bits per heavy atom. The van der Waals surface area contributed by atoms with E-state index in [0.717, 1.165) is 5.69 Å². The molecule has 0 aliphatic heterocycles. The maximum Gasteiger partial charge on any atom is 0.322 e. The first-order valence-electron chi connectivity index (χ1n) is 4.89. The van der Waals surface area contributed by atoms with Gasteiger partial charge in [-0.3, -0.25) is 0 Å². The van der Waals surface area contributed by atoms with Gasteiger partial charge in [-0.15, -0.1) is 0 Å². The second-order valence-electron chi connectivity index (χ2n) is 3.29. The molecule has 90 valence electrons. The summed E-state index contributed by atoms with van der Waals surface area (Å²) in [6.07, 6.45) is 0. The quantitative estimate of drug-likeness (QED) is 0.783. The number of aryl methyl sites for hydroxylation is 1. The van der Waals surface area contributed by atoms with Crippen LogP contribution >= 0.6 is 0 Å². The lowest BCUT2D eigenvalue weighted by Crippen LogP contribution is -2.07. The number of anilines is 2. The summed E-state index contributed by atoms with van der Waals surface area (Å²) in [5.41, 5.74) is 6.30. The first-order valence-corrected chi connectivity index (χ1v) is 4.89. The zero-order valence-corrected chi connectivity index (χ0v) is 9.47. The first-order chi connectivity index (χ1) is 8.17. The fourth-order valence-corrected chi connectivity index (χ4v) is 1.21. The summed E-state index contributed by atoms with van der Waals surface area (Å²) in [6, 6.07) is 1.98. The summed E-state index contributed by atoms with van der Waals surface area (Å²) in [5, 5.41) is 6.70. The number of nitrogens with two attached hydrogens (primary N) is 1. The van der Waals surface area contributed by atoms with Crippen LogP contribution in [0.1, 0.15) is 11.5 Å². The number of methoxy groups -OCH3 is 1. The van der Waals surface area contributed by atoms with E-state index in [1.54, 1.807) is 0 Å². The van der Waals surface area contributed by atoms with Crippen molar-refractivity contribution in [2.24, 2.45) is 0 Å². The van der Waals surface area contributed by atoms with Gasteiger partial charge in [0.1, 0.15) is 0 Å². The molecule has 0 aromatic carbocycles. The molecular formula is C9H12N6O2. The van der Waals surface area contributed by atoms with Crippen LogP contribution in [0, 0.1) is 6.92 Å². The molecule has 2 heterocycles. The van der Waals surface area contributed by atoms with E-state index in [1.165, 1.54) is 7.11 Å². The minimum atomic E-state index is 0.0908. The molecule has 0 amide bonds. The molecule has 0 aliphatic carbocycles. The lowest BCUT2D eigenvalue weighted by molar-refractivity contribution is 0.377. The number of nitrogens with one attached hydrogen (secondary N) is 1. The molecule has 3 N–H and O–H groups in total. The highest BCUT2D eigenvalue weighted by Gasteiger charge is 2.05. The summed E-state index contributed by atoms with van der Waals surface area (Å²) in [5.74, 6) is 1.09. The lowest BCUT2D eigenvalue weighted by Gasteiger charge is -2.04. The topological polar surface area (TPSA) is 112 Å². The van der Waals surface area contributed by atoms with Gasteiger partial charge in [-0.2, -0.15) is 15.0 Å². The Kier molecular flexibility index (Phi) is 3.03. The highest BCUT2D eigenvalue weighted by atomic mass is 16.5. The number of rotatable bonds is 4. The van der Waals surface area contributed by atoms with Crippen LogP contribution in [0.15, 0.2) is 10.6 Å². The third-order valence-electron chi connectivity index (χ3n) is 1.91. The van der Waals surface area contributed by atoms with Gasteiger partial charge in [-0.25, -0.2) is 0 Å². The highest BCUT2D eigenvalue weighted by molar-refractivity contribution is 5.32. The largest absolute Gasteiger partial charge is 0.467 e. The van der Waals surface area contributed by atoms with E-state index in [2.05, 4.69) is 25.4 Å². The Bertz CT molecular complexity index is 512. The van der Waals surface area contributed by atoms with Crippen LogP contribution in [0.25, 0.3) is 0 Å². The lowest BCUT2D eigenvalue weighted by atomic mass is 10.4. The smallest absolute Gasteiger partial charge is 0.322 e. The minimum Gasteiger partial charge on any atom is -0.467 e. The predicted molar refractivity (Wildman–Crippen MR) is 59.4 cm³/mol. The van der Waals surface area contributed by atoms with Crippen LogP contribution in [-0.2, 0) is 6.54 Å². The van der Waals surface area contributed by atoms with E-state index < -0.39 is 0 Å². The Morgan fingerprint density at radius 1 is 1.41 bits per heavy atom. The third-order valence-corrected chi connectivity index (χ3v) is 1.91. The van der Waals surface area contributed by atoms with Gasteiger partial charge in [0.05, 0.1) is 19.3 Å². The van der Waals surface area contributed by atoms with Crippen LogP contribution < -0.4 is 15.8 Å². The van der Waals surface area contributed by atoms with E-state index in [4.69, 9.17) is 15.0 Å².